The van der Waals surface area contributed by atoms with Crippen molar-refractivity contribution in [2.45, 2.75) is 44.8 Å². The average Bonchev–Trinajstić information content (AvgIpc) is 2.56. The van der Waals surface area contributed by atoms with Crippen molar-refractivity contribution in [3.8, 4) is 0 Å². The average molecular weight is 399 g/mol. The quantitative estimate of drug-likeness (QED) is 0.146. The van der Waals surface area contributed by atoms with Crippen LogP contribution in [-0.4, -0.2) is 106 Å². The summed E-state index contributed by atoms with van der Waals surface area (Å²) in [5.74, 6) is 0. The van der Waals surface area contributed by atoms with Gasteiger partial charge >= 0.3 is 8.80 Å². The van der Waals surface area contributed by atoms with Gasteiger partial charge in [0.1, 0.15) is 6.10 Å². The third-order valence-electron chi connectivity index (χ3n) is 4.15. The Morgan fingerprint density at radius 2 is 1.65 bits per heavy atom. The maximum absolute atomic E-state index is 10.0. The van der Waals surface area contributed by atoms with E-state index >= 15 is 0 Å². The van der Waals surface area contributed by atoms with Gasteiger partial charge in [0.05, 0.1) is 66.8 Å². The molecule has 0 aliphatic carbocycles. The summed E-state index contributed by atoms with van der Waals surface area (Å²) in [6.45, 7) is 4.42. The van der Waals surface area contributed by atoms with Crippen molar-refractivity contribution in [3.05, 3.63) is 0 Å². The van der Waals surface area contributed by atoms with Crippen molar-refractivity contribution in [2.24, 2.45) is 0 Å². The molecule has 0 spiro atoms. The van der Waals surface area contributed by atoms with Crippen LogP contribution in [0.5, 0.6) is 0 Å². The van der Waals surface area contributed by atoms with Crippen LogP contribution in [-0.2, 0) is 13.9 Å². The lowest BCUT2D eigenvalue weighted by Gasteiger charge is -2.30. The lowest BCUT2D eigenvalue weighted by atomic mass is 10.2. The molecule has 0 fully saturated rings. The van der Waals surface area contributed by atoms with Crippen LogP contribution in [0.1, 0.15) is 32.6 Å². The molecule has 0 radical (unpaired) electrons. The van der Waals surface area contributed by atoms with Gasteiger partial charge in [0.25, 0.3) is 0 Å². The zero-order valence-electron chi connectivity index (χ0n) is 16.7. The minimum absolute atomic E-state index is 0.0600. The van der Waals surface area contributed by atoms with E-state index in [0.29, 0.717) is 6.42 Å². The van der Waals surface area contributed by atoms with Crippen LogP contribution in [0.25, 0.3) is 0 Å². The molecule has 0 saturated carbocycles. The van der Waals surface area contributed by atoms with Crippen LogP contribution in [0.3, 0.4) is 0 Å². The largest absolute Gasteiger partial charge is 0.495 e. The van der Waals surface area contributed by atoms with E-state index in [1.807, 2.05) is 0 Å². The van der Waals surface area contributed by atoms with Gasteiger partial charge in [0.2, 0.25) is 0 Å². The summed E-state index contributed by atoms with van der Waals surface area (Å²) >= 11 is 0. The second kappa shape index (κ2) is 14.9. The molecule has 0 heterocycles. The summed E-state index contributed by atoms with van der Waals surface area (Å²) in [4.78, 5) is 20.1. The molecule has 4 N–H and O–H groups in total. The van der Waals surface area contributed by atoms with E-state index < -0.39 is 14.9 Å². The predicted octanol–water partition coefficient (Wildman–Crippen LogP) is -0.0304. The topological polar surface area (TPSA) is 109 Å². The minimum Gasteiger partial charge on any atom is -0.394 e. The Kier molecular flexibility index (Phi) is 14.8. The zero-order valence-corrected chi connectivity index (χ0v) is 17.7. The molecule has 0 rings (SSSR count). The van der Waals surface area contributed by atoms with Gasteiger partial charge in [-0.05, 0) is 12.8 Å². The number of rotatable bonds is 18. The maximum atomic E-state index is 10.0. The summed E-state index contributed by atoms with van der Waals surface area (Å²) in [7, 11) is 0.654. The molecule has 0 saturated heterocycles. The Labute approximate surface area is 159 Å². The molecule has 9 heteroatoms. The normalized spacial score (nSPS) is 14.0. The predicted molar refractivity (Wildman–Crippen MR) is 102 cm³/mol. The molecule has 26 heavy (non-hydrogen) atoms. The Balaban J connectivity index is 3.89. The van der Waals surface area contributed by atoms with Gasteiger partial charge in [-0.15, -0.1) is 0 Å². The van der Waals surface area contributed by atoms with E-state index in [9.17, 15) is 9.59 Å². The van der Waals surface area contributed by atoms with E-state index in [4.69, 9.17) is 24.1 Å². The molecule has 8 nitrogen and oxygen atoms in total. The van der Waals surface area contributed by atoms with Crippen LogP contribution < -0.4 is 0 Å². The first-order valence-electron chi connectivity index (χ1n) is 9.58. The molecule has 0 aliphatic rings. The molecular formula is C17H40NO7Si+. The number of ether oxygens (including phenoxy) is 2. The molecule has 0 aromatic rings. The van der Waals surface area contributed by atoms with Crippen molar-refractivity contribution in [1.82, 2.24) is 0 Å². The highest BCUT2D eigenvalue weighted by Crippen LogP contribution is 2.12. The molecule has 1 unspecified atom stereocenters. The van der Waals surface area contributed by atoms with Crippen LogP contribution >= 0.6 is 0 Å². The minimum atomic E-state index is -3.67. The first kappa shape index (κ1) is 25.9. The van der Waals surface area contributed by atoms with Gasteiger partial charge < -0.3 is 38.2 Å². The van der Waals surface area contributed by atoms with Gasteiger partial charge in [0.15, 0.2) is 0 Å². The molecule has 0 aromatic heterocycles. The van der Waals surface area contributed by atoms with Gasteiger partial charge in [-0.3, -0.25) is 0 Å². The molecular weight excluding hydrogens is 358 g/mol. The van der Waals surface area contributed by atoms with Crippen LogP contribution in [0.4, 0.5) is 0 Å². The number of unbranched alkanes of at least 4 members (excludes halogenated alkanes) is 2. The Morgan fingerprint density at radius 3 is 2.27 bits per heavy atom. The lowest BCUT2D eigenvalue weighted by molar-refractivity contribution is -0.890. The van der Waals surface area contributed by atoms with Crippen molar-refractivity contribution in [1.29, 1.82) is 0 Å². The van der Waals surface area contributed by atoms with Crippen molar-refractivity contribution in [3.63, 3.8) is 0 Å². The van der Waals surface area contributed by atoms with E-state index in [0.717, 1.165) is 17.6 Å². The molecule has 158 valence electrons. The SMILES string of the molecule is CCCCC[N+](C)(C)CCC[Si](O)(O)OCCOC(CO)COCCO. The van der Waals surface area contributed by atoms with Gasteiger partial charge in [0, 0.05) is 12.5 Å². The summed E-state index contributed by atoms with van der Waals surface area (Å²) in [5.41, 5.74) is 0. The van der Waals surface area contributed by atoms with Crippen molar-refractivity contribution >= 4 is 8.80 Å². The van der Waals surface area contributed by atoms with E-state index in [2.05, 4.69) is 21.0 Å². The van der Waals surface area contributed by atoms with Crippen molar-refractivity contribution < 1.29 is 38.2 Å². The van der Waals surface area contributed by atoms with Crippen LogP contribution in [0.2, 0.25) is 6.04 Å². The first-order valence-corrected chi connectivity index (χ1v) is 11.6. The summed E-state index contributed by atoms with van der Waals surface area (Å²) in [6.07, 6.45) is 3.80. The smallest absolute Gasteiger partial charge is 0.394 e. The Hall–Kier alpha value is -0.103. The van der Waals surface area contributed by atoms with Crippen molar-refractivity contribution in [2.75, 3.05) is 66.8 Å². The summed E-state index contributed by atoms with van der Waals surface area (Å²) in [6, 6.07) is 0.269. The van der Waals surface area contributed by atoms with E-state index in [1.54, 1.807) is 0 Å². The van der Waals surface area contributed by atoms with Crippen LogP contribution in [0.15, 0.2) is 0 Å². The molecule has 0 amide bonds. The monoisotopic (exact) mass is 398 g/mol. The number of quaternary nitrogens is 1. The number of aliphatic hydroxyl groups excluding tert-OH is 2. The number of aliphatic hydroxyl groups is 2. The fraction of sp³-hybridized carbons (Fsp3) is 1.00. The Bertz CT molecular complexity index is 332. The highest BCUT2D eigenvalue weighted by molar-refractivity contribution is 6.57. The van der Waals surface area contributed by atoms with Gasteiger partial charge in [-0.2, -0.15) is 0 Å². The molecule has 0 bridgehead atoms. The fourth-order valence-corrected chi connectivity index (χ4v) is 3.74. The maximum Gasteiger partial charge on any atom is 0.495 e. The summed E-state index contributed by atoms with van der Waals surface area (Å²) < 4.78 is 16.5. The van der Waals surface area contributed by atoms with E-state index in [-0.39, 0.29) is 45.7 Å². The zero-order chi connectivity index (χ0) is 19.9. The highest BCUT2D eigenvalue weighted by atomic mass is 28.4. The molecule has 1 atom stereocenters. The standard InChI is InChI=1S/C17H40NO7Si/c1-4-5-6-8-18(2,3)9-7-14-26(21,22)25-13-12-24-17(15-20)16-23-11-10-19/h17,19-22H,4-16H2,1-3H3/q+1. The number of hydrogen-bond donors (Lipinski definition) is 4. The third-order valence-corrected chi connectivity index (χ3v) is 5.82. The van der Waals surface area contributed by atoms with Gasteiger partial charge in [-0.1, -0.05) is 13.3 Å². The number of hydrogen-bond acceptors (Lipinski definition) is 7. The highest BCUT2D eigenvalue weighted by Gasteiger charge is 2.32. The third kappa shape index (κ3) is 15.0. The van der Waals surface area contributed by atoms with Gasteiger partial charge in [-0.25, -0.2) is 0 Å². The number of nitrogens with zero attached hydrogens (tertiary/aromatic N) is 1. The second-order valence-corrected chi connectivity index (χ2v) is 9.53. The summed E-state index contributed by atoms with van der Waals surface area (Å²) in [5, 5.41) is 17.8. The van der Waals surface area contributed by atoms with Crippen LogP contribution in [0, 0.1) is 0 Å². The van der Waals surface area contributed by atoms with E-state index in [1.165, 1.54) is 19.3 Å². The lowest BCUT2D eigenvalue weighted by Crippen LogP contribution is -2.44. The second-order valence-electron chi connectivity index (χ2n) is 7.26. The Morgan fingerprint density at radius 1 is 0.962 bits per heavy atom. The molecule has 0 aliphatic heterocycles. The fourth-order valence-electron chi connectivity index (χ4n) is 2.56. The molecule has 0 aromatic carbocycles. The first-order chi connectivity index (χ1) is 12.3.